The molecule has 0 bridgehead atoms. The lowest BCUT2D eigenvalue weighted by Gasteiger charge is -2.19. The van der Waals surface area contributed by atoms with Crippen molar-refractivity contribution in [2.75, 3.05) is 6.61 Å². The van der Waals surface area contributed by atoms with Crippen molar-refractivity contribution in [2.45, 2.75) is 46.6 Å². The average Bonchev–Trinajstić information content (AvgIpc) is 3.19. The first-order valence-corrected chi connectivity index (χ1v) is 11.3. The van der Waals surface area contributed by atoms with Crippen LogP contribution in [0.2, 0.25) is 0 Å². The Balaban J connectivity index is 1.31. The molecule has 3 aromatic carbocycles. The number of imidazole rings is 1. The number of fused-ring (bicyclic) bond motifs is 1. The monoisotopic (exact) mass is 441 g/mol. The Bertz CT molecular complexity index is 1220. The number of hydrogen-bond acceptors (Lipinski definition) is 3. The highest BCUT2D eigenvalue weighted by atomic mass is 16.5. The highest BCUT2D eigenvalue weighted by molar-refractivity contribution is 5.81. The van der Waals surface area contributed by atoms with Gasteiger partial charge in [-0.2, -0.15) is 0 Å². The summed E-state index contributed by atoms with van der Waals surface area (Å²) in [7, 11) is 0. The quantitative estimate of drug-likeness (QED) is 0.395. The second-order valence-corrected chi connectivity index (χ2v) is 9.58. The third-order valence-electron chi connectivity index (χ3n) is 5.90. The van der Waals surface area contributed by atoms with Crippen LogP contribution in [0, 0.1) is 13.8 Å². The number of aromatic amines is 1. The van der Waals surface area contributed by atoms with Crippen molar-refractivity contribution >= 4 is 16.9 Å². The van der Waals surface area contributed by atoms with Crippen molar-refractivity contribution in [3.63, 3.8) is 0 Å². The van der Waals surface area contributed by atoms with Crippen LogP contribution >= 0.6 is 0 Å². The van der Waals surface area contributed by atoms with Crippen LogP contribution in [-0.4, -0.2) is 22.5 Å². The molecule has 0 aliphatic heterocycles. The van der Waals surface area contributed by atoms with E-state index in [2.05, 4.69) is 81.3 Å². The van der Waals surface area contributed by atoms with Gasteiger partial charge in [0.15, 0.2) is 6.61 Å². The van der Waals surface area contributed by atoms with Gasteiger partial charge in [0.25, 0.3) is 5.91 Å². The Hall–Kier alpha value is -3.60. The van der Waals surface area contributed by atoms with Gasteiger partial charge in [-0.25, -0.2) is 4.98 Å². The smallest absolute Gasteiger partial charge is 0.258 e. The minimum atomic E-state index is -0.151. The topological polar surface area (TPSA) is 67.0 Å². The van der Waals surface area contributed by atoms with Crippen LogP contribution in [0.5, 0.6) is 5.75 Å². The summed E-state index contributed by atoms with van der Waals surface area (Å²) in [5.41, 5.74) is 7.88. The fraction of sp³-hybridized carbons (Fsp3) is 0.286. The van der Waals surface area contributed by atoms with Gasteiger partial charge < -0.3 is 15.0 Å². The van der Waals surface area contributed by atoms with E-state index in [0.717, 1.165) is 28.0 Å². The molecule has 0 saturated heterocycles. The molecule has 5 heteroatoms. The number of rotatable bonds is 6. The molecular weight excluding hydrogens is 410 g/mol. The maximum absolute atomic E-state index is 12.2. The van der Waals surface area contributed by atoms with Crippen LogP contribution in [0.1, 0.15) is 43.0 Å². The van der Waals surface area contributed by atoms with Crippen molar-refractivity contribution < 1.29 is 9.53 Å². The molecule has 0 radical (unpaired) electrons. The molecule has 0 aliphatic rings. The molecule has 33 heavy (non-hydrogen) atoms. The van der Waals surface area contributed by atoms with E-state index in [-0.39, 0.29) is 17.9 Å². The SMILES string of the molecule is Cc1cc2nc(-c3ccc(OCC(=O)NCc4ccc(C(C)(C)C)cc4)cc3)[nH]c2cc1C. The molecule has 2 N–H and O–H groups in total. The van der Waals surface area contributed by atoms with Gasteiger partial charge in [0.05, 0.1) is 11.0 Å². The number of carbonyl (C=O) groups excluding carboxylic acids is 1. The molecule has 0 spiro atoms. The highest BCUT2D eigenvalue weighted by Gasteiger charge is 2.13. The number of aromatic nitrogens is 2. The number of benzene rings is 3. The largest absolute Gasteiger partial charge is 0.484 e. The first-order chi connectivity index (χ1) is 15.7. The first-order valence-electron chi connectivity index (χ1n) is 11.3. The van der Waals surface area contributed by atoms with Gasteiger partial charge in [-0.3, -0.25) is 4.79 Å². The fourth-order valence-electron chi connectivity index (χ4n) is 3.64. The lowest BCUT2D eigenvalue weighted by Crippen LogP contribution is -2.28. The number of amides is 1. The molecule has 5 nitrogen and oxygen atoms in total. The maximum atomic E-state index is 12.2. The Labute approximate surface area is 195 Å². The predicted octanol–water partition coefficient (Wildman–Crippen LogP) is 5.84. The van der Waals surface area contributed by atoms with Gasteiger partial charge in [-0.1, -0.05) is 45.0 Å². The summed E-state index contributed by atoms with van der Waals surface area (Å²) in [6.07, 6.45) is 0. The fourth-order valence-corrected chi connectivity index (χ4v) is 3.64. The van der Waals surface area contributed by atoms with Crippen LogP contribution in [0.15, 0.2) is 60.7 Å². The van der Waals surface area contributed by atoms with E-state index in [4.69, 9.17) is 9.72 Å². The highest BCUT2D eigenvalue weighted by Crippen LogP contribution is 2.25. The van der Waals surface area contributed by atoms with Gasteiger partial charge in [-0.15, -0.1) is 0 Å². The Morgan fingerprint density at radius 2 is 1.64 bits per heavy atom. The molecule has 1 heterocycles. The van der Waals surface area contributed by atoms with Crippen molar-refractivity contribution in [2.24, 2.45) is 0 Å². The van der Waals surface area contributed by atoms with Crippen molar-refractivity contribution in [1.29, 1.82) is 0 Å². The third kappa shape index (κ3) is 5.43. The summed E-state index contributed by atoms with van der Waals surface area (Å²) in [5.74, 6) is 1.31. The van der Waals surface area contributed by atoms with Gasteiger partial charge in [-0.05, 0) is 77.9 Å². The number of hydrogen-bond donors (Lipinski definition) is 2. The van der Waals surface area contributed by atoms with E-state index < -0.39 is 0 Å². The molecule has 0 unspecified atom stereocenters. The van der Waals surface area contributed by atoms with Gasteiger partial charge >= 0.3 is 0 Å². The molecule has 4 aromatic rings. The van der Waals surface area contributed by atoms with Crippen LogP contribution in [0.25, 0.3) is 22.4 Å². The zero-order chi connectivity index (χ0) is 23.6. The van der Waals surface area contributed by atoms with E-state index in [1.165, 1.54) is 16.7 Å². The van der Waals surface area contributed by atoms with Gasteiger partial charge in [0.1, 0.15) is 11.6 Å². The van der Waals surface area contributed by atoms with Crippen LogP contribution in [0.4, 0.5) is 0 Å². The minimum absolute atomic E-state index is 0.0252. The van der Waals surface area contributed by atoms with E-state index in [0.29, 0.717) is 12.3 Å². The van der Waals surface area contributed by atoms with Crippen LogP contribution < -0.4 is 10.1 Å². The molecular formula is C28H31N3O2. The molecule has 4 rings (SSSR count). The summed E-state index contributed by atoms with van der Waals surface area (Å²) in [6.45, 7) is 11.2. The summed E-state index contributed by atoms with van der Waals surface area (Å²) in [4.78, 5) is 20.3. The van der Waals surface area contributed by atoms with Crippen molar-refractivity contribution in [3.8, 4) is 17.1 Å². The molecule has 1 amide bonds. The van der Waals surface area contributed by atoms with Crippen LogP contribution in [0.3, 0.4) is 0 Å². The first kappa shape index (κ1) is 22.6. The zero-order valence-electron chi connectivity index (χ0n) is 20.0. The standard InChI is InChI=1S/C28H31N3O2/c1-18-14-24-25(15-19(18)2)31-27(30-24)21-8-12-23(13-9-21)33-17-26(32)29-16-20-6-10-22(11-7-20)28(3,4)5/h6-15H,16-17H2,1-5H3,(H,29,32)(H,30,31). The summed E-state index contributed by atoms with van der Waals surface area (Å²) < 4.78 is 5.66. The number of aryl methyl sites for hydroxylation is 2. The third-order valence-corrected chi connectivity index (χ3v) is 5.90. The second kappa shape index (κ2) is 9.10. The lowest BCUT2D eigenvalue weighted by molar-refractivity contribution is -0.123. The van der Waals surface area contributed by atoms with Crippen molar-refractivity contribution in [1.82, 2.24) is 15.3 Å². The summed E-state index contributed by atoms with van der Waals surface area (Å²) in [5, 5.41) is 2.91. The summed E-state index contributed by atoms with van der Waals surface area (Å²) >= 11 is 0. The Kier molecular flexibility index (Phi) is 6.23. The normalized spacial score (nSPS) is 11.5. The van der Waals surface area contributed by atoms with E-state index in [1.54, 1.807) is 0 Å². The molecule has 170 valence electrons. The Morgan fingerprint density at radius 3 is 2.30 bits per heavy atom. The molecule has 1 aromatic heterocycles. The molecule has 0 saturated carbocycles. The number of ether oxygens (including phenoxy) is 1. The second-order valence-electron chi connectivity index (χ2n) is 9.58. The predicted molar refractivity (Wildman–Crippen MR) is 133 cm³/mol. The molecule has 0 atom stereocenters. The average molecular weight is 442 g/mol. The number of carbonyl (C=O) groups is 1. The summed E-state index contributed by atoms with van der Waals surface area (Å²) in [6, 6.07) is 20.2. The van der Waals surface area contributed by atoms with Gasteiger partial charge in [0, 0.05) is 12.1 Å². The molecule has 0 aliphatic carbocycles. The van der Waals surface area contributed by atoms with E-state index >= 15 is 0 Å². The minimum Gasteiger partial charge on any atom is -0.484 e. The van der Waals surface area contributed by atoms with E-state index in [9.17, 15) is 4.79 Å². The van der Waals surface area contributed by atoms with Crippen LogP contribution in [-0.2, 0) is 16.8 Å². The number of nitrogens with zero attached hydrogens (tertiary/aromatic N) is 1. The van der Waals surface area contributed by atoms with E-state index in [1.807, 2.05) is 24.3 Å². The number of nitrogens with one attached hydrogen (secondary N) is 2. The maximum Gasteiger partial charge on any atom is 0.258 e. The lowest BCUT2D eigenvalue weighted by atomic mass is 9.87. The molecule has 0 fully saturated rings. The van der Waals surface area contributed by atoms with Gasteiger partial charge in [0.2, 0.25) is 0 Å². The number of H-pyrrole nitrogens is 1. The Morgan fingerprint density at radius 1 is 0.970 bits per heavy atom. The zero-order valence-corrected chi connectivity index (χ0v) is 20.0. The van der Waals surface area contributed by atoms with Crippen molar-refractivity contribution in [3.05, 3.63) is 82.9 Å².